The van der Waals surface area contributed by atoms with E-state index in [4.69, 9.17) is 14.2 Å². The lowest BCUT2D eigenvalue weighted by atomic mass is 10.1. The van der Waals surface area contributed by atoms with Crippen molar-refractivity contribution in [1.29, 1.82) is 0 Å². The largest absolute Gasteiger partial charge is 0.445 e. The monoisotopic (exact) mass is 387 g/mol. The molecular formula is C23H33NO4. The van der Waals surface area contributed by atoms with Gasteiger partial charge in [-0.25, -0.2) is 4.79 Å². The number of ether oxygens (including phenoxy) is 3. The fraction of sp³-hybridized carbons (Fsp3) is 0.609. The van der Waals surface area contributed by atoms with E-state index in [1.165, 1.54) is 0 Å². The maximum absolute atomic E-state index is 12.7. The highest BCUT2D eigenvalue weighted by molar-refractivity contribution is 5.69. The highest BCUT2D eigenvalue weighted by Gasteiger charge is 2.37. The average Bonchev–Trinajstić information content (AvgIpc) is 3.10. The third-order valence-corrected chi connectivity index (χ3v) is 5.19. The molecule has 0 N–H and O–H groups in total. The standard InChI is InChI=1S/C23H33NO4/c1-18(2)9-8-12-20-15-21(28-22-13-6-7-14-26-22)16-24(20)23(25)27-17-19-10-4-3-5-11-19/h3-5,8,10-12,18,20-22H,6-7,9,13-17H2,1-2H3/t20-,21-,22?/m1/s1. The van der Waals surface area contributed by atoms with Crippen LogP contribution in [-0.4, -0.2) is 42.6 Å². The van der Waals surface area contributed by atoms with Gasteiger partial charge in [0.1, 0.15) is 6.61 Å². The molecule has 0 spiro atoms. The smallest absolute Gasteiger partial charge is 0.410 e. The van der Waals surface area contributed by atoms with Crippen molar-refractivity contribution in [3.63, 3.8) is 0 Å². The maximum atomic E-state index is 12.7. The summed E-state index contributed by atoms with van der Waals surface area (Å²) in [6.07, 6.45) is 8.83. The minimum absolute atomic E-state index is 0.00983. The van der Waals surface area contributed by atoms with E-state index in [9.17, 15) is 4.79 Å². The van der Waals surface area contributed by atoms with Crippen molar-refractivity contribution in [2.24, 2.45) is 5.92 Å². The SMILES string of the molecule is CC(C)CC=C[C@@H]1C[C@@H](OC2CCCCO2)CN1C(=O)OCc1ccccc1. The molecule has 0 aliphatic carbocycles. The number of likely N-dealkylation sites (tertiary alicyclic amines) is 1. The molecule has 2 aliphatic heterocycles. The Morgan fingerprint density at radius 1 is 1.29 bits per heavy atom. The van der Waals surface area contributed by atoms with Crippen LogP contribution in [0.5, 0.6) is 0 Å². The minimum atomic E-state index is -0.279. The van der Waals surface area contributed by atoms with Crippen molar-refractivity contribution in [1.82, 2.24) is 4.90 Å². The number of rotatable bonds is 7. The van der Waals surface area contributed by atoms with E-state index in [0.29, 0.717) is 12.5 Å². The number of nitrogens with zero attached hydrogens (tertiary/aromatic N) is 1. The van der Waals surface area contributed by atoms with Crippen LogP contribution < -0.4 is 0 Å². The highest BCUT2D eigenvalue weighted by Crippen LogP contribution is 2.26. The van der Waals surface area contributed by atoms with E-state index in [2.05, 4.69) is 26.0 Å². The topological polar surface area (TPSA) is 48.0 Å². The lowest BCUT2D eigenvalue weighted by molar-refractivity contribution is -0.184. The summed E-state index contributed by atoms with van der Waals surface area (Å²) in [7, 11) is 0. The molecule has 28 heavy (non-hydrogen) atoms. The Bertz CT molecular complexity index is 625. The molecule has 2 fully saturated rings. The van der Waals surface area contributed by atoms with Crippen LogP contribution in [0.25, 0.3) is 0 Å². The second-order valence-corrected chi connectivity index (χ2v) is 8.11. The Kier molecular flexibility index (Phi) is 7.92. The molecule has 0 bridgehead atoms. The van der Waals surface area contributed by atoms with Gasteiger partial charge in [0.25, 0.3) is 0 Å². The fourth-order valence-corrected chi connectivity index (χ4v) is 3.66. The zero-order chi connectivity index (χ0) is 19.8. The molecule has 154 valence electrons. The predicted octanol–water partition coefficient (Wildman–Crippen LogP) is 4.91. The minimum Gasteiger partial charge on any atom is -0.445 e. The second kappa shape index (κ2) is 10.6. The van der Waals surface area contributed by atoms with Crippen molar-refractivity contribution < 1.29 is 19.0 Å². The lowest BCUT2D eigenvalue weighted by Gasteiger charge is -2.25. The summed E-state index contributed by atoms with van der Waals surface area (Å²) >= 11 is 0. The lowest BCUT2D eigenvalue weighted by Crippen LogP contribution is -2.36. The van der Waals surface area contributed by atoms with Gasteiger partial charge in [-0.05, 0) is 43.6 Å². The first kappa shape index (κ1) is 20.9. The first-order chi connectivity index (χ1) is 13.6. The summed E-state index contributed by atoms with van der Waals surface area (Å²) in [5, 5.41) is 0. The molecule has 2 heterocycles. The Morgan fingerprint density at radius 2 is 2.11 bits per heavy atom. The Morgan fingerprint density at radius 3 is 2.82 bits per heavy atom. The van der Waals surface area contributed by atoms with Crippen LogP contribution in [0.3, 0.4) is 0 Å². The van der Waals surface area contributed by atoms with Gasteiger partial charge in [-0.2, -0.15) is 0 Å². The molecule has 0 radical (unpaired) electrons. The molecule has 1 amide bonds. The molecule has 2 aliphatic rings. The van der Waals surface area contributed by atoms with Gasteiger partial charge in [-0.15, -0.1) is 0 Å². The van der Waals surface area contributed by atoms with Gasteiger partial charge >= 0.3 is 6.09 Å². The van der Waals surface area contributed by atoms with Crippen molar-refractivity contribution in [3.05, 3.63) is 48.0 Å². The first-order valence-electron chi connectivity index (χ1n) is 10.5. The van der Waals surface area contributed by atoms with Crippen molar-refractivity contribution >= 4 is 6.09 Å². The van der Waals surface area contributed by atoms with E-state index >= 15 is 0 Å². The van der Waals surface area contributed by atoms with Crippen molar-refractivity contribution in [2.75, 3.05) is 13.2 Å². The van der Waals surface area contributed by atoms with E-state index in [0.717, 1.165) is 44.3 Å². The molecule has 5 nitrogen and oxygen atoms in total. The van der Waals surface area contributed by atoms with Crippen molar-refractivity contribution in [2.45, 2.75) is 71.0 Å². The van der Waals surface area contributed by atoms with Gasteiger partial charge in [0, 0.05) is 6.61 Å². The quantitative estimate of drug-likeness (QED) is 0.624. The van der Waals surface area contributed by atoms with Gasteiger partial charge in [0.05, 0.1) is 18.7 Å². The number of hydrogen-bond acceptors (Lipinski definition) is 4. The van der Waals surface area contributed by atoms with Crippen LogP contribution in [0, 0.1) is 5.92 Å². The molecular weight excluding hydrogens is 354 g/mol. The molecule has 2 saturated heterocycles. The van der Waals surface area contributed by atoms with Crippen LogP contribution in [-0.2, 0) is 20.8 Å². The summed E-state index contributed by atoms with van der Waals surface area (Å²) < 4.78 is 17.4. The normalized spacial score (nSPS) is 25.5. The molecule has 0 saturated carbocycles. The molecule has 1 aromatic carbocycles. The van der Waals surface area contributed by atoms with Crippen LogP contribution in [0.2, 0.25) is 0 Å². The maximum Gasteiger partial charge on any atom is 0.410 e. The summed E-state index contributed by atoms with van der Waals surface area (Å²) in [5.41, 5.74) is 0.991. The number of carbonyl (C=O) groups is 1. The number of amides is 1. The number of hydrogen-bond donors (Lipinski definition) is 0. The zero-order valence-electron chi connectivity index (χ0n) is 17.1. The van der Waals surface area contributed by atoms with Crippen LogP contribution in [0.4, 0.5) is 4.79 Å². The van der Waals surface area contributed by atoms with Gasteiger partial charge < -0.3 is 14.2 Å². The van der Waals surface area contributed by atoms with E-state index in [1.54, 1.807) is 4.90 Å². The highest BCUT2D eigenvalue weighted by atomic mass is 16.7. The number of carbonyl (C=O) groups excluding carboxylic acids is 1. The summed E-state index contributed by atoms with van der Waals surface area (Å²) in [5.74, 6) is 0.596. The van der Waals surface area contributed by atoms with Crippen LogP contribution in [0.1, 0.15) is 51.5 Å². The van der Waals surface area contributed by atoms with Gasteiger partial charge in [-0.3, -0.25) is 4.90 Å². The summed E-state index contributed by atoms with van der Waals surface area (Å²) in [4.78, 5) is 14.5. The van der Waals surface area contributed by atoms with E-state index in [-0.39, 0.29) is 31.1 Å². The predicted molar refractivity (Wildman–Crippen MR) is 109 cm³/mol. The molecule has 5 heteroatoms. The van der Waals surface area contributed by atoms with Crippen LogP contribution in [0.15, 0.2) is 42.5 Å². The Labute approximate surface area is 168 Å². The number of allylic oxidation sites excluding steroid dienone is 1. The molecule has 1 unspecified atom stereocenters. The Balaban J connectivity index is 1.58. The zero-order valence-corrected chi connectivity index (χ0v) is 17.1. The molecule has 1 aromatic rings. The average molecular weight is 388 g/mol. The van der Waals surface area contributed by atoms with E-state index < -0.39 is 0 Å². The summed E-state index contributed by atoms with van der Waals surface area (Å²) in [6.45, 7) is 5.98. The van der Waals surface area contributed by atoms with E-state index in [1.807, 2.05) is 30.3 Å². The fourth-order valence-electron chi connectivity index (χ4n) is 3.66. The van der Waals surface area contributed by atoms with Gasteiger partial charge in [0.15, 0.2) is 6.29 Å². The summed E-state index contributed by atoms with van der Waals surface area (Å²) in [6, 6.07) is 9.79. The first-order valence-corrected chi connectivity index (χ1v) is 10.5. The van der Waals surface area contributed by atoms with Crippen molar-refractivity contribution in [3.8, 4) is 0 Å². The molecule has 3 atom stereocenters. The molecule has 3 rings (SSSR count). The Hall–Kier alpha value is -1.85. The van der Waals surface area contributed by atoms with Crippen LogP contribution >= 0.6 is 0 Å². The molecule has 0 aromatic heterocycles. The third kappa shape index (κ3) is 6.35. The van der Waals surface area contributed by atoms with Gasteiger partial charge in [-0.1, -0.05) is 56.3 Å². The third-order valence-electron chi connectivity index (χ3n) is 5.19. The number of benzene rings is 1. The second-order valence-electron chi connectivity index (χ2n) is 8.11. The van der Waals surface area contributed by atoms with Gasteiger partial charge in [0.2, 0.25) is 0 Å².